The molecule has 2 N–H and O–H groups in total. The number of nitrogens with zero attached hydrogens (tertiary/aromatic N) is 2. The summed E-state index contributed by atoms with van der Waals surface area (Å²) >= 11 is 0. The maximum atomic E-state index is 4.89. The number of fused-ring (bicyclic) bond motifs is 1. The largest absolute Gasteiger partial charge is 0.371 e. The Morgan fingerprint density at radius 1 is 1.40 bits per heavy atom. The van der Waals surface area contributed by atoms with E-state index in [1.807, 2.05) is 0 Å². The van der Waals surface area contributed by atoms with E-state index >= 15 is 0 Å². The van der Waals surface area contributed by atoms with Gasteiger partial charge in [0.2, 0.25) is 0 Å². The Labute approximate surface area is 57.4 Å². The van der Waals surface area contributed by atoms with Crippen molar-refractivity contribution in [2.24, 2.45) is 0 Å². The molecule has 52 valence electrons. The zero-order chi connectivity index (χ0) is 6.81. The highest BCUT2D eigenvalue weighted by molar-refractivity contribution is 5.17. The van der Waals surface area contributed by atoms with Gasteiger partial charge in [-0.1, -0.05) is 5.59 Å². The molecule has 5 nitrogen and oxygen atoms in total. The fourth-order valence-corrected chi connectivity index (χ4v) is 0.765. The third-order valence-electron chi connectivity index (χ3n) is 1.21. The van der Waals surface area contributed by atoms with Crippen LogP contribution in [0.15, 0.2) is 12.4 Å². The van der Waals surface area contributed by atoms with Gasteiger partial charge in [0.1, 0.15) is 5.69 Å². The standard InChI is InChI=1S/C5H6N4O/c1-2-7-5-4(6-1)3-8-9-10-5/h1-2,8-9H,3H2. The molecule has 0 spiro atoms. The van der Waals surface area contributed by atoms with Crippen molar-refractivity contribution in [2.45, 2.75) is 6.54 Å². The molecule has 0 atom stereocenters. The first kappa shape index (κ1) is 5.57. The van der Waals surface area contributed by atoms with Gasteiger partial charge in [-0.3, -0.25) is 4.98 Å². The molecule has 0 saturated heterocycles. The van der Waals surface area contributed by atoms with Crippen molar-refractivity contribution in [3.63, 3.8) is 0 Å². The maximum Gasteiger partial charge on any atom is 0.262 e. The van der Waals surface area contributed by atoms with Crippen molar-refractivity contribution >= 4 is 0 Å². The van der Waals surface area contributed by atoms with E-state index in [0.717, 1.165) is 5.69 Å². The Morgan fingerprint density at radius 2 is 2.30 bits per heavy atom. The van der Waals surface area contributed by atoms with Crippen LogP contribution in [0.1, 0.15) is 5.69 Å². The molecule has 1 aromatic heterocycles. The highest BCUT2D eigenvalue weighted by Gasteiger charge is 2.09. The lowest BCUT2D eigenvalue weighted by Crippen LogP contribution is -2.39. The zero-order valence-corrected chi connectivity index (χ0v) is 5.16. The van der Waals surface area contributed by atoms with E-state index in [0.29, 0.717) is 12.4 Å². The van der Waals surface area contributed by atoms with E-state index in [4.69, 9.17) is 4.84 Å². The summed E-state index contributed by atoms with van der Waals surface area (Å²) < 4.78 is 0. The summed E-state index contributed by atoms with van der Waals surface area (Å²) in [5.41, 5.74) is 6.08. The van der Waals surface area contributed by atoms with E-state index in [1.165, 1.54) is 0 Å². The molecule has 2 rings (SSSR count). The minimum Gasteiger partial charge on any atom is -0.371 e. The average molecular weight is 138 g/mol. The van der Waals surface area contributed by atoms with Crippen molar-refractivity contribution in [1.29, 1.82) is 0 Å². The van der Waals surface area contributed by atoms with E-state index in [1.54, 1.807) is 12.4 Å². The van der Waals surface area contributed by atoms with Gasteiger partial charge in [-0.05, 0) is 0 Å². The number of hydrazine groups is 1. The third kappa shape index (κ3) is 0.810. The molecule has 0 aliphatic carbocycles. The van der Waals surface area contributed by atoms with Gasteiger partial charge in [-0.25, -0.2) is 10.4 Å². The highest BCUT2D eigenvalue weighted by atomic mass is 16.7. The van der Waals surface area contributed by atoms with Crippen LogP contribution in [0.2, 0.25) is 0 Å². The molecule has 0 saturated carbocycles. The highest BCUT2D eigenvalue weighted by Crippen LogP contribution is 2.10. The van der Waals surface area contributed by atoms with Crippen LogP contribution in [0.25, 0.3) is 0 Å². The second kappa shape index (κ2) is 2.20. The van der Waals surface area contributed by atoms with Crippen LogP contribution in [0.3, 0.4) is 0 Å². The van der Waals surface area contributed by atoms with Gasteiger partial charge in [-0.2, -0.15) is 0 Å². The van der Waals surface area contributed by atoms with Crippen molar-refractivity contribution in [3.05, 3.63) is 18.1 Å². The van der Waals surface area contributed by atoms with Crippen LogP contribution < -0.4 is 15.9 Å². The van der Waals surface area contributed by atoms with Crippen LogP contribution in [0, 0.1) is 0 Å². The molecule has 10 heavy (non-hydrogen) atoms. The van der Waals surface area contributed by atoms with Gasteiger partial charge < -0.3 is 4.84 Å². The molecule has 0 unspecified atom stereocenters. The van der Waals surface area contributed by atoms with Crippen molar-refractivity contribution in [2.75, 3.05) is 0 Å². The number of aromatic nitrogens is 2. The Balaban J connectivity index is 2.41. The van der Waals surface area contributed by atoms with Gasteiger partial charge in [0.25, 0.3) is 5.88 Å². The lowest BCUT2D eigenvalue weighted by molar-refractivity contribution is 0.116. The molecule has 0 bridgehead atoms. The summed E-state index contributed by atoms with van der Waals surface area (Å²) in [5, 5.41) is 0. The molecular weight excluding hydrogens is 132 g/mol. The van der Waals surface area contributed by atoms with Crippen LogP contribution in [0.4, 0.5) is 0 Å². The van der Waals surface area contributed by atoms with Crippen molar-refractivity contribution in [1.82, 2.24) is 21.0 Å². The van der Waals surface area contributed by atoms with Gasteiger partial charge in [0, 0.05) is 12.4 Å². The molecule has 0 amide bonds. The summed E-state index contributed by atoms with van der Waals surface area (Å²) in [6.07, 6.45) is 3.22. The minimum atomic E-state index is 0.543. The van der Waals surface area contributed by atoms with Gasteiger partial charge in [-0.15, -0.1) is 0 Å². The monoisotopic (exact) mass is 138 g/mol. The van der Waals surface area contributed by atoms with E-state index < -0.39 is 0 Å². The SMILES string of the molecule is c1cnc2c(n1)CNNO2. The van der Waals surface area contributed by atoms with Gasteiger partial charge in [0.05, 0.1) is 6.54 Å². The summed E-state index contributed by atoms with van der Waals surface area (Å²) in [4.78, 5) is 12.8. The predicted octanol–water partition coefficient (Wildman–Crippen LogP) is -0.622. The van der Waals surface area contributed by atoms with Gasteiger partial charge >= 0.3 is 0 Å². The molecule has 1 aliphatic heterocycles. The lowest BCUT2D eigenvalue weighted by Gasteiger charge is -2.14. The number of nitrogens with one attached hydrogen (secondary N) is 2. The van der Waals surface area contributed by atoms with Crippen molar-refractivity contribution < 1.29 is 4.84 Å². The third-order valence-corrected chi connectivity index (χ3v) is 1.21. The predicted molar refractivity (Wildman–Crippen MR) is 32.6 cm³/mol. The summed E-state index contributed by atoms with van der Waals surface area (Å²) in [5.74, 6) is 0.543. The molecule has 0 fully saturated rings. The topological polar surface area (TPSA) is 59.1 Å². The smallest absolute Gasteiger partial charge is 0.262 e. The first-order valence-corrected chi connectivity index (χ1v) is 2.91. The molecule has 1 aliphatic rings. The van der Waals surface area contributed by atoms with Crippen LogP contribution >= 0.6 is 0 Å². The number of hydrogen-bond donors (Lipinski definition) is 2. The van der Waals surface area contributed by atoms with E-state index in [2.05, 4.69) is 21.0 Å². The molecular formula is C5H6N4O. The fraction of sp³-hybridized carbons (Fsp3) is 0.200. The molecule has 0 aromatic carbocycles. The Bertz CT molecular complexity index is 214. The zero-order valence-electron chi connectivity index (χ0n) is 5.16. The van der Waals surface area contributed by atoms with Crippen LogP contribution in [-0.4, -0.2) is 9.97 Å². The summed E-state index contributed by atoms with van der Waals surface area (Å²) in [7, 11) is 0. The second-order valence-electron chi connectivity index (χ2n) is 1.87. The second-order valence-corrected chi connectivity index (χ2v) is 1.87. The Morgan fingerprint density at radius 3 is 3.20 bits per heavy atom. The Kier molecular flexibility index (Phi) is 1.23. The normalized spacial score (nSPS) is 15.6. The summed E-state index contributed by atoms with van der Waals surface area (Å²) in [6.45, 7) is 0.642. The molecule has 1 aromatic rings. The fourth-order valence-electron chi connectivity index (χ4n) is 0.765. The van der Waals surface area contributed by atoms with E-state index in [9.17, 15) is 0 Å². The van der Waals surface area contributed by atoms with Crippen molar-refractivity contribution in [3.8, 4) is 5.88 Å². The number of rotatable bonds is 0. The molecule has 5 heteroatoms. The quantitative estimate of drug-likeness (QED) is 0.500. The van der Waals surface area contributed by atoms with Gasteiger partial charge in [0.15, 0.2) is 0 Å². The lowest BCUT2D eigenvalue weighted by atomic mass is 10.4. The summed E-state index contributed by atoms with van der Waals surface area (Å²) in [6, 6.07) is 0. The molecule has 0 radical (unpaired) electrons. The van der Waals surface area contributed by atoms with Crippen LogP contribution in [0.5, 0.6) is 5.88 Å². The Hall–Kier alpha value is -1.20. The first-order chi connectivity index (χ1) is 4.97. The molecule has 2 heterocycles. The maximum absolute atomic E-state index is 4.89. The number of hydrogen-bond acceptors (Lipinski definition) is 5. The average Bonchev–Trinajstić information content (AvgIpc) is 2.05. The van der Waals surface area contributed by atoms with Crippen LogP contribution in [-0.2, 0) is 6.54 Å². The minimum absolute atomic E-state index is 0.543. The van der Waals surface area contributed by atoms with E-state index in [-0.39, 0.29) is 0 Å². The first-order valence-electron chi connectivity index (χ1n) is 2.91.